The molecule has 2 atom stereocenters. The van der Waals surface area contributed by atoms with E-state index < -0.39 is 0 Å². The number of allylic oxidation sites excluding steroid dienone is 2. The summed E-state index contributed by atoms with van der Waals surface area (Å²) in [5, 5.41) is 5.30. The second-order valence-electron chi connectivity index (χ2n) is 12.6. The van der Waals surface area contributed by atoms with Crippen molar-refractivity contribution in [1.82, 2.24) is 0 Å². The van der Waals surface area contributed by atoms with Crippen LogP contribution in [0.2, 0.25) is 12.1 Å². The van der Waals surface area contributed by atoms with Gasteiger partial charge in [0.1, 0.15) is 0 Å². The summed E-state index contributed by atoms with van der Waals surface area (Å²) in [6.07, 6.45) is 7.28. The Balaban J connectivity index is 0.00000135. The average molecular weight is 611 g/mol. The Kier molecular flexibility index (Phi) is 10.3. The van der Waals surface area contributed by atoms with Gasteiger partial charge in [0.2, 0.25) is 0 Å². The van der Waals surface area contributed by atoms with Crippen LogP contribution in [0.1, 0.15) is 63.6 Å². The molecule has 0 aliphatic heterocycles. The van der Waals surface area contributed by atoms with E-state index in [9.17, 15) is 0 Å². The van der Waals surface area contributed by atoms with E-state index in [1.54, 1.807) is 11.1 Å². The molecule has 6 aromatic rings. The Morgan fingerprint density at radius 1 is 0.468 bits per heavy atom. The van der Waals surface area contributed by atoms with Crippen molar-refractivity contribution in [1.29, 1.82) is 0 Å². The molecule has 8 rings (SSSR count). The Hall–Kier alpha value is -3.27. The van der Waals surface area contributed by atoms with Gasteiger partial charge in [-0.05, 0) is 78.9 Å². The fourth-order valence-electron chi connectivity index (χ4n) is 8.01. The normalized spacial score (nSPS) is 16.2. The van der Waals surface area contributed by atoms with Crippen LogP contribution in [0.25, 0.3) is 56.0 Å². The molecular weight excluding hydrogens is 570 g/mol. The maximum atomic E-state index is 2.53. The van der Waals surface area contributed by atoms with Crippen molar-refractivity contribution in [3.63, 3.8) is 0 Å². The van der Waals surface area contributed by atoms with Crippen molar-refractivity contribution in [2.45, 2.75) is 50.6 Å². The van der Waals surface area contributed by atoms with Crippen LogP contribution >= 0.6 is 0 Å². The molecule has 2 aliphatic rings. The summed E-state index contributed by atoms with van der Waals surface area (Å²) in [4.78, 5) is 0. The zero-order valence-electron chi connectivity index (χ0n) is 30.2. The molecule has 0 spiro atoms. The molecule has 2 radical (unpaired) electrons. The van der Waals surface area contributed by atoms with Gasteiger partial charge in [0.05, 0.1) is 0 Å². The van der Waals surface area contributed by atoms with Gasteiger partial charge in [-0.15, -0.1) is 0 Å². The molecule has 6 aromatic carbocycles. The van der Waals surface area contributed by atoms with Crippen molar-refractivity contribution < 1.29 is 40.6 Å². The van der Waals surface area contributed by atoms with Gasteiger partial charge in [-0.25, -0.2) is 0 Å². The minimum absolute atomic E-state index is 0. The van der Waals surface area contributed by atoms with E-state index >= 15 is 0 Å². The molecule has 0 amide bonds. The van der Waals surface area contributed by atoms with E-state index in [-0.39, 0.29) is 40.6 Å². The van der Waals surface area contributed by atoms with Crippen LogP contribution in [0.5, 0.6) is 0 Å². The predicted octanol–water partition coefficient (Wildman–Crippen LogP) is 6.58. The van der Waals surface area contributed by atoms with Gasteiger partial charge >= 0.3 is 37.7 Å². The second kappa shape index (κ2) is 14.5. The molecule has 222 valence electrons. The fourth-order valence-corrected chi connectivity index (χ4v) is 9.72. The van der Waals surface area contributed by atoms with E-state index in [0.29, 0.717) is 11.8 Å². The van der Waals surface area contributed by atoms with Gasteiger partial charge in [0.25, 0.3) is 0 Å². The fraction of sp³-hybridized carbons (Fsp3) is 0.182. The number of hydrogen-bond acceptors (Lipinski definition) is 0. The van der Waals surface area contributed by atoms with Gasteiger partial charge in [-0.3, -0.25) is 0 Å². The third kappa shape index (κ3) is 6.00. The van der Waals surface area contributed by atoms with Crippen LogP contribution in [0.15, 0.2) is 132 Å². The third-order valence-electron chi connectivity index (χ3n) is 10.3. The van der Waals surface area contributed by atoms with E-state index in [1.807, 2.05) is 0 Å². The first-order valence-corrected chi connectivity index (χ1v) is 18.0. The minimum Gasteiger partial charge on any atom is -1.00 e. The zero-order valence-corrected chi connectivity index (χ0v) is 29.2. The standard InChI is InChI=1S/C44H38Si.2Li.2H/c1-3-29-25-41-37(35-19-9-15-31-13-5-7-17-33(31)35)21-11-23-39(41)43(29)27-45-28-44-30(4-2)26-42-38(22-12-24-40(42)44)36-20-10-16-32-14-6-8-18-34(32)36;;;;/h5-26,43-44H,3-4,27-28H2,1-2H3;;;;/q;2*+1;2*-1. The predicted molar refractivity (Wildman–Crippen MR) is 198 cm³/mol. The SMILES string of the molecule is CCC1=Cc2c(-c3cccc4ccccc34)cccc2C1C[Si]CC1C(CC)=Cc2c(-c3cccc4ccccc34)cccc21.[H-].[H-].[Li+].[Li+]. The summed E-state index contributed by atoms with van der Waals surface area (Å²) in [5.41, 5.74) is 14.6. The van der Waals surface area contributed by atoms with E-state index in [0.717, 1.165) is 22.4 Å². The number of fused-ring (bicyclic) bond motifs is 4. The summed E-state index contributed by atoms with van der Waals surface area (Å²) in [5.74, 6) is 1.05. The Morgan fingerprint density at radius 2 is 0.851 bits per heavy atom. The van der Waals surface area contributed by atoms with Crippen molar-refractivity contribution >= 4 is 43.2 Å². The second-order valence-corrected chi connectivity index (χ2v) is 13.9. The number of benzene rings is 6. The van der Waals surface area contributed by atoms with Crippen molar-refractivity contribution in [3.8, 4) is 22.3 Å². The Labute approximate surface area is 309 Å². The topological polar surface area (TPSA) is 0 Å². The largest absolute Gasteiger partial charge is 1.00 e. The van der Waals surface area contributed by atoms with Crippen molar-refractivity contribution in [3.05, 3.63) is 155 Å². The molecule has 0 heterocycles. The molecule has 0 nitrogen and oxygen atoms in total. The third-order valence-corrected chi connectivity index (χ3v) is 11.7. The van der Waals surface area contributed by atoms with Crippen molar-refractivity contribution in [2.75, 3.05) is 0 Å². The van der Waals surface area contributed by atoms with Crippen LogP contribution in [0, 0.1) is 0 Å². The van der Waals surface area contributed by atoms with Crippen LogP contribution in [0.4, 0.5) is 0 Å². The molecule has 0 bridgehead atoms. The molecule has 0 saturated heterocycles. The van der Waals surface area contributed by atoms with E-state index in [4.69, 9.17) is 0 Å². The first-order chi connectivity index (χ1) is 22.2. The van der Waals surface area contributed by atoms with Gasteiger partial charge in [0, 0.05) is 21.4 Å². The monoisotopic (exact) mass is 610 g/mol. The minimum atomic E-state index is 0. The van der Waals surface area contributed by atoms with Crippen LogP contribution in [-0.4, -0.2) is 9.52 Å². The number of rotatable bonds is 8. The summed E-state index contributed by atoms with van der Waals surface area (Å²) >= 11 is 0. The molecule has 0 aromatic heterocycles. The molecule has 0 fully saturated rings. The van der Waals surface area contributed by atoms with Gasteiger partial charge in [-0.2, -0.15) is 0 Å². The summed E-state index contributed by atoms with van der Waals surface area (Å²) in [6.45, 7) is 4.68. The van der Waals surface area contributed by atoms with Crippen LogP contribution < -0.4 is 37.7 Å². The van der Waals surface area contributed by atoms with Crippen molar-refractivity contribution in [2.24, 2.45) is 0 Å². The first kappa shape index (κ1) is 33.6. The molecule has 3 heteroatoms. The number of hydrogen-bond donors (Lipinski definition) is 0. The summed E-state index contributed by atoms with van der Waals surface area (Å²) in [7, 11) is 0.916. The molecule has 0 saturated carbocycles. The van der Waals surface area contributed by atoms with Crippen LogP contribution in [0.3, 0.4) is 0 Å². The van der Waals surface area contributed by atoms with Gasteiger partial charge in [-0.1, -0.05) is 171 Å². The maximum Gasteiger partial charge on any atom is 1.00 e. The van der Waals surface area contributed by atoms with E-state index in [1.165, 1.54) is 78.1 Å². The smallest absolute Gasteiger partial charge is 1.00 e. The molecule has 47 heavy (non-hydrogen) atoms. The zero-order chi connectivity index (χ0) is 30.3. The first-order valence-electron chi connectivity index (χ1n) is 16.6. The molecule has 2 unspecified atom stereocenters. The summed E-state index contributed by atoms with van der Waals surface area (Å²) < 4.78 is 0. The van der Waals surface area contributed by atoms with Gasteiger partial charge in [0.15, 0.2) is 0 Å². The molecular formula is C44H40Li2Si. The quantitative estimate of drug-likeness (QED) is 0.171. The Morgan fingerprint density at radius 3 is 1.30 bits per heavy atom. The maximum absolute atomic E-state index is 2.53. The van der Waals surface area contributed by atoms with Gasteiger partial charge < -0.3 is 2.85 Å². The molecule has 0 N–H and O–H groups in total. The summed E-state index contributed by atoms with van der Waals surface area (Å²) in [6, 6.07) is 47.6. The molecule has 2 aliphatic carbocycles. The Bertz CT molecular complexity index is 1990. The average Bonchev–Trinajstić information content (AvgIpc) is 3.65. The van der Waals surface area contributed by atoms with E-state index in [2.05, 4.69) is 147 Å². The van der Waals surface area contributed by atoms with Crippen LogP contribution in [-0.2, 0) is 0 Å².